The minimum Gasteiger partial charge on any atom is -0.496 e. The molecule has 6 heteroatoms. The summed E-state index contributed by atoms with van der Waals surface area (Å²) in [5.74, 6) is 1.34. The SMILES string of the molecule is COc1ccccc1CC(C)CC(=O)NC1(C(=O)O)CCSCC1. The molecule has 0 spiro atoms. The highest BCUT2D eigenvalue weighted by Crippen LogP contribution is 2.28. The van der Waals surface area contributed by atoms with E-state index >= 15 is 0 Å². The van der Waals surface area contributed by atoms with Crippen LogP contribution in [0.2, 0.25) is 0 Å². The first-order chi connectivity index (χ1) is 11.5. The van der Waals surface area contributed by atoms with Gasteiger partial charge in [-0.3, -0.25) is 4.79 Å². The van der Waals surface area contributed by atoms with Crippen molar-refractivity contribution in [1.29, 1.82) is 0 Å². The summed E-state index contributed by atoms with van der Waals surface area (Å²) in [6, 6.07) is 7.76. The van der Waals surface area contributed by atoms with Crippen LogP contribution < -0.4 is 10.1 Å². The molecule has 5 nitrogen and oxygen atoms in total. The minimum atomic E-state index is -1.09. The third kappa shape index (κ3) is 4.66. The van der Waals surface area contributed by atoms with E-state index in [1.807, 2.05) is 31.2 Å². The lowest BCUT2D eigenvalue weighted by molar-refractivity contribution is -0.148. The fourth-order valence-electron chi connectivity index (χ4n) is 3.07. The van der Waals surface area contributed by atoms with Crippen molar-refractivity contribution in [3.8, 4) is 5.75 Å². The standard InChI is InChI=1S/C18H25NO4S/c1-13(11-14-5-3-4-6-15(14)23-2)12-16(20)19-18(17(21)22)7-9-24-10-8-18/h3-6,13H,7-12H2,1-2H3,(H,19,20)(H,21,22). The van der Waals surface area contributed by atoms with Gasteiger partial charge in [-0.2, -0.15) is 11.8 Å². The van der Waals surface area contributed by atoms with E-state index in [0.717, 1.165) is 22.8 Å². The molecule has 0 radical (unpaired) electrons. The van der Waals surface area contributed by atoms with Gasteiger partial charge < -0.3 is 15.2 Å². The lowest BCUT2D eigenvalue weighted by atomic mass is 9.91. The van der Waals surface area contributed by atoms with Crippen molar-refractivity contribution in [2.45, 2.75) is 38.1 Å². The number of benzene rings is 1. The number of carbonyl (C=O) groups is 2. The monoisotopic (exact) mass is 351 g/mol. The number of aliphatic carboxylic acids is 1. The number of amides is 1. The molecule has 1 aromatic rings. The fourth-order valence-corrected chi connectivity index (χ4v) is 4.26. The minimum absolute atomic E-state index is 0.102. The summed E-state index contributed by atoms with van der Waals surface area (Å²) >= 11 is 1.73. The summed E-state index contributed by atoms with van der Waals surface area (Å²) < 4.78 is 5.34. The number of hydrogen-bond donors (Lipinski definition) is 2. The normalized spacial score (nSPS) is 17.8. The van der Waals surface area contributed by atoms with E-state index in [1.54, 1.807) is 18.9 Å². The number of nitrogens with one attached hydrogen (secondary N) is 1. The average molecular weight is 351 g/mol. The topological polar surface area (TPSA) is 75.6 Å². The lowest BCUT2D eigenvalue weighted by Crippen LogP contribution is -2.56. The Morgan fingerprint density at radius 1 is 1.33 bits per heavy atom. The number of methoxy groups -OCH3 is 1. The smallest absolute Gasteiger partial charge is 0.329 e. The van der Waals surface area contributed by atoms with Crippen LogP contribution in [0.1, 0.15) is 31.7 Å². The molecule has 24 heavy (non-hydrogen) atoms. The van der Waals surface area contributed by atoms with Gasteiger partial charge in [0.25, 0.3) is 0 Å². The van der Waals surface area contributed by atoms with Crippen LogP contribution in [0, 0.1) is 5.92 Å². The maximum Gasteiger partial charge on any atom is 0.329 e. The molecule has 1 unspecified atom stereocenters. The summed E-state index contributed by atoms with van der Waals surface area (Å²) in [6.45, 7) is 2.00. The Kier molecular flexibility index (Phi) is 6.54. The van der Waals surface area contributed by atoms with Gasteiger partial charge in [0.05, 0.1) is 7.11 Å². The zero-order chi connectivity index (χ0) is 17.6. The molecule has 1 fully saturated rings. The Morgan fingerprint density at radius 3 is 2.62 bits per heavy atom. The molecule has 1 aliphatic rings. The summed E-state index contributed by atoms with van der Waals surface area (Å²) in [4.78, 5) is 24.0. The number of carboxylic acids is 1. The highest BCUT2D eigenvalue weighted by molar-refractivity contribution is 7.99. The van der Waals surface area contributed by atoms with E-state index in [0.29, 0.717) is 25.7 Å². The van der Waals surface area contributed by atoms with Gasteiger partial charge in [-0.05, 0) is 48.3 Å². The molecule has 1 heterocycles. The van der Waals surface area contributed by atoms with E-state index in [2.05, 4.69) is 5.32 Å². The molecule has 0 saturated carbocycles. The molecule has 1 atom stereocenters. The van der Waals surface area contributed by atoms with E-state index in [9.17, 15) is 14.7 Å². The second-order valence-electron chi connectivity index (χ2n) is 6.37. The van der Waals surface area contributed by atoms with Gasteiger partial charge in [0.15, 0.2) is 0 Å². The number of carbonyl (C=O) groups excluding carboxylic acids is 1. The van der Waals surface area contributed by atoms with Crippen molar-refractivity contribution in [3.63, 3.8) is 0 Å². The first-order valence-corrected chi connectivity index (χ1v) is 9.36. The zero-order valence-corrected chi connectivity index (χ0v) is 15.0. The average Bonchev–Trinajstić information content (AvgIpc) is 2.55. The molecule has 1 aliphatic heterocycles. The van der Waals surface area contributed by atoms with E-state index in [1.165, 1.54) is 0 Å². The van der Waals surface area contributed by atoms with Crippen molar-refractivity contribution in [1.82, 2.24) is 5.32 Å². The molecule has 1 saturated heterocycles. The number of rotatable bonds is 7. The second kappa shape index (κ2) is 8.42. The molecule has 1 aromatic carbocycles. The van der Waals surface area contributed by atoms with Gasteiger partial charge in [0, 0.05) is 6.42 Å². The van der Waals surface area contributed by atoms with E-state index in [4.69, 9.17) is 4.74 Å². The van der Waals surface area contributed by atoms with Crippen LogP contribution in [0.4, 0.5) is 0 Å². The highest BCUT2D eigenvalue weighted by atomic mass is 32.2. The third-order valence-corrected chi connectivity index (χ3v) is 5.41. The summed E-state index contributed by atoms with van der Waals surface area (Å²) in [5, 5.41) is 12.3. The van der Waals surface area contributed by atoms with E-state index in [-0.39, 0.29) is 11.8 Å². The van der Waals surface area contributed by atoms with Gasteiger partial charge in [-0.15, -0.1) is 0 Å². The first-order valence-electron chi connectivity index (χ1n) is 8.21. The van der Waals surface area contributed by atoms with Crippen molar-refractivity contribution >= 4 is 23.6 Å². The Balaban J connectivity index is 1.94. The quantitative estimate of drug-likeness (QED) is 0.790. The third-order valence-electron chi connectivity index (χ3n) is 4.43. The molecule has 132 valence electrons. The van der Waals surface area contributed by atoms with Gasteiger partial charge in [0.1, 0.15) is 11.3 Å². The Morgan fingerprint density at radius 2 is 2.00 bits per heavy atom. The number of para-hydroxylation sites is 1. The number of carboxylic acid groups (broad SMARTS) is 1. The fraction of sp³-hybridized carbons (Fsp3) is 0.556. The Hall–Kier alpha value is -1.69. The second-order valence-corrected chi connectivity index (χ2v) is 7.60. The molecule has 1 amide bonds. The zero-order valence-electron chi connectivity index (χ0n) is 14.2. The van der Waals surface area contributed by atoms with Gasteiger partial charge >= 0.3 is 5.97 Å². The largest absolute Gasteiger partial charge is 0.496 e. The molecule has 0 aromatic heterocycles. The van der Waals surface area contributed by atoms with Crippen molar-refractivity contribution < 1.29 is 19.4 Å². The maximum atomic E-state index is 12.4. The molecule has 2 rings (SSSR count). The lowest BCUT2D eigenvalue weighted by Gasteiger charge is -2.34. The first kappa shape index (κ1) is 18.6. The molecular weight excluding hydrogens is 326 g/mol. The van der Waals surface area contributed by atoms with Crippen molar-refractivity contribution in [2.24, 2.45) is 5.92 Å². The van der Waals surface area contributed by atoms with Gasteiger partial charge in [-0.1, -0.05) is 25.1 Å². The van der Waals surface area contributed by atoms with Crippen LogP contribution in [0.3, 0.4) is 0 Å². The van der Waals surface area contributed by atoms with Crippen LogP contribution in [-0.4, -0.2) is 41.1 Å². The Bertz CT molecular complexity index is 584. The number of ether oxygens (including phenoxy) is 1. The summed E-state index contributed by atoms with van der Waals surface area (Å²) in [6.07, 6.45) is 1.99. The number of thioether (sulfide) groups is 1. The predicted octanol–water partition coefficient (Wildman–Crippen LogP) is 2.73. The highest BCUT2D eigenvalue weighted by Gasteiger charge is 2.41. The van der Waals surface area contributed by atoms with Crippen molar-refractivity contribution in [3.05, 3.63) is 29.8 Å². The molecule has 2 N–H and O–H groups in total. The van der Waals surface area contributed by atoms with Crippen LogP contribution in [0.15, 0.2) is 24.3 Å². The predicted molar refractivity (Wildman–Crippen MR) is 95.5 cm³/mol. The molecule has 0 bridgehead atoms. The van der Waals surface area contributed by atoms with Crippen molar-refractivity contribution in [2.75, 3.05) is 18.6 Å². The van der Waals surface area contributed by atoms with E-state index < -0.39 is 11.5 Å². The Labute approximate surface area is 147 Å². The summed E-state index contributed by atoms with van der Waals surface area (Å²) in [5.41, 5.74) is -0.0331. The molecule has 0 aliphatic carbocycles. The number of hydrogen-bond acceptors (Lipinski definition) is 4. The van der Waals surface area contributed by atoms with Crippen LogP contribution in [0.25, 0.3) is 0 Å². The van der Waals surface area contributed by atoms with Gasteiger partial charge in [-0.25, -0.2) is 4.79 Å². The summed E-state index contributed by atoms with van der Waals surface area (Å²) in [7, 11) is 1.63. The van der Waals surface area contributed by atoms with Crippen LogP contribution in [-0.2, 0) is 16.0 Å². The van der Waals surface area contributed by atoms with Crippen LogP contribution >= 0.6 is 11.8 Å². The molecular formula is C18H25NO4S. The van der Waals surface area contributed by atoms with Gasteiger partial charge in [0.2, 0.25) is 5.91 Å². The van der Waals surface area contributed by atoms with Crippen LogP contribution in [0.5, 0.6) is 5.75 Å². The maximum absolute atomic E-state index is 12.4.